The normalized spacial score (nSPS) is 15.0. The number of nitrogens with one attached hydrogen (secondary N) is 1. The van der Waals surface area contributed by atoms with Gasteiger partial charge >= 0.3 is 0 Å². The van der Waals surface area contributed by atoms with Crippen LogP contribution in [-0.4, -0.2) is 19.6 Å². The van der Waals surface area contributed by atoms with Gasteiger partial charge in [0, 0.05) is 19.1 Å². The van der Waals surface area contributed by atoms with Crippen LogP contribution in [0.4, 0.5) is 10.1 Å². The quantitative estimate of drug-likeness (QED) is 0.817. The maximum absolute atomic E-state index is 14.1. The van der Waals surface area contributed by atoms with Crippen molar-refractivity contribution in [2.24, 2.45) is 0 Å². The summed E-state index contributed by atoms with van der Waals surface area (Å²) in [4.78, 5) is 2.22. The topological polar surface area (TPSA) is 15.3 Å². The summed E-state index contributed by atoms with van der Waals surface area (Å²) in [7, 11) is 1.87. The van der Waals surface area contributed by atoms with E-state index in [2.05, 4.69) is 17.1 Å². The van der Waals surface area contributed by atoms with Crippen LogP contribution in [0.15, 0.2) is 18.2 Å². The molecule has 2 rings (SSSR count). The third-order valence-electron chi connectivity index (χ3n) is 3.15. The van der Waals surface area contributed by atoms with Crippen molar-refractivity contribution in [3.8, 4) is 0 Å². The van der Waals surface area contributed by atoms with Gasteiger partial charge in [0.1, 0.15) is 5.82 Å². The Labute approximate surface area is 103 Å². The first-order valence-electron chi connectivity index (χ1n) is 6.46. The van der Waals surface area contributed by atoms with E-state index in [9.17, 15) is 4.39 Å². The van der Waals surface area contributed by atoms with E-state index in [0.717, 1.165) is 24.2 Å². The van der Waals surface area contributed by atoms with Crippen molar-refractivity contribution in [2.75, 3.05) is 18.5 Å². The monoisotopic (exact) mass is 236 g/mol. The summed E-state index contributed by atoms with van der Waals surface area (Å²) < 4.78 is 14.1. The van der Waals surface area contributed by atoms with Crippen LogP contribution in [0, 0.1) is 5.82 Å². The molecule has 0 saturated heterocycles. The minimum absolute atomic E-state index is 0.0851. The van der Waals surface area contributed by atoms with E-state index in [-0.39, 0.29) is 5.82 Å². The lowest BCUT2D eigenvalue weighted by molar-refractivity contribution is 0.610. The van der Waals surface area contributed by atoms with Gasteiger partial charge in [-0.15, -0.1) is 0 Å². The second-order valence-electron chi connectivity index (χ2n) is 4.74. The van der Waals surface area contributed by atoms with E-state index in [0.29, 0.717) is 12.6 Å². The predicted molar refractivity (Wildman–Crippen MR) is 69.8 cm³/mol. The summed E-state index contributed by atoms with van der Waals surface area (Å²) in [5, 5.41) is 3.04. The Balaban J connectivity index is 2.18. The lowest BCUT2D eigenvalue weighted by Gasteiger charge is -2.24. The number of halogens is 1. The van der Waals surface area contributed by atoms with E-state index in [1.54, 1.807) is 6.07 Å². The van der Waals surface area contributed by atoms with Crippen LogP contribution < -0.4 is 10.2 Å². The van der Waals surface area contributed by atoms with E-state index in [4.69, 9.17) is 0 Å². The van der Waals surface area contributed by atoms with Crippen LogP contribution >= 0.6 is 0 Å². The molecule has 0 unspecified atom stereocenters. The summed E-state index contributed by atoms with van der Waals surface area (Å²) in [5.41, 5.74) is 1.77. The van der Waals surface area contributed by atoms with Crippen LogP contribution in [0.1, 0.15) is 31.7 Å². The van der Waals surface area contributed by atoms with Gasteiger partial charge in [-0.2, -0.15) is 0 Å². The zero-order valence-corrected chi connectivity index (χ0v) is 10.7. The Morgan fingerprint density at radius 2 is 2.18 bits per heavy atom. The lowest BCUT2D eigenvalue weighted by atomic mass is 10.1. The van der Waals surface area contributed by atoms with E-state index in [1.807, 2.05) is 19.2 Å². The van der Waals surface area contributed by atoms with E-state index >= 15 is 0 Å². The molecule has 0 aromatic heterocycles. The van der Waals surface area contributed by atoms with E-state index in [1.165, 1.54) is 12.8 Å². The number of anilines is 1. The molecule has 0 heterocycles. The van der Waals surface area contributed by atoms with Gasteiger partial charge in [-0.3, -0.25) is 0 Å². The second kappa shape index (κ2) is 5.50. The summed E-state index contributed by atoms with van der Waals surface area (Å²) in [5.74, 6) is -0.0851. The molecule has 1 N–H and O–H groups in total. The number of nitrogens with zero attached hydrogens (tertiary/aromatic N) is 1. The minimum atomic E-state index is -0.0851. The molecule has 1 aromatic rings. The van der Waals surface area contributed by atoms with Gasteiger partial charge in [0.25, 0.3) is 0 Å². The Kier molecular flexibility index (Phi) is 4.00. The molecular weight excluding hydrogens is 215 g/mol. The maximum atomic E-state index is 14.1. The SMILES string of the molecule is CCCN(c1ccc(CNC)cc1F)C1CC1. The molecular formula is C14H21FN2. The molecule has 0 amide bonds. The molecule has 17 heavy (non-hydrogen) atoms. The maximum Gasteiger partial charge on any atom is 0.146 e. The van der Waals surface area contributed by atoms with Gasteiger partial charge in [-0.1, -0.05) is 13.0 Å². The van der Waals surface area contributed by atoms with Crippen molar-refractivity contribution < 1.29 is 4.39 Å². The number of benzene rings is 1. The van der Waals surface area contributed by atoms with Crippen molar-refractivity contribution in [3.63, 3.8) is 0 Å². The molecule has 1 fully saturated rings. The number of rotatable bonds is 6. The standard InChI is InChI=1S/C14H21FN2/c1-3-8-17(12-5-6-12)14-7-4-11(10-16-2)9-13(14)15/h4,7,9,12,16H,3,5-6,8,10H2,1-2H3. The summed E-state index contributed by atoms with van der Waals surface area (Å²) in [6, 6.07) is 6.16. The summed E-state index contributed by atoms with van der Waals surface area (Å²) in [6.07, 6.45) is 3.48. The van der Waals surface area contributed by atoms with Crippen LogP contribution in [0.5, 0.6) is 0 Å². The minimum Gasteiger partial charge on any atom is -0.366 e. The molecule has 0 atom stereocenters. The highest BCUT2D eigenvalue weighted by Gasteiger charge is 2.29. The van der Waals surface area contributed by atoms with Crippen LogP contribution in [-0.2, 0) is 6.54 Å². The first-order chi connectivity index (χ1) is 8.26. The van der Waals surface area contributed by atoms with Crippen molar-refractivity contribution in [3.05, 3.63) is 29.6 Å². The highest BCUT2D eigenvalue weighted by atomic mass is 19.1. The first kappa shape index (κ1) is 12.4. The van der Waals surface area contributed by atoms with Crippen molar-refractivity contribution in [2.45, 2.75) is 38.8 Å². The Morgan fingerprint density at radius 3 is 2.71 bits per heavy atom. The van der Waals surface area contributed by atoms with Gasteiger partial charge in [-0.25, -0.2) is 4.39 Å². The average Bonchev–Trinajstić information content (AvgIpc) is 3.11. The van der Waals surface area contributed by atoms with E-state index < -0.39 is 0 Å². The molecule has 0 spiro atoms. The third-order valence-corrected chi connectivity index (χ3v) is 3.15. The van der Waals surface area contributed by atoms with Gasteiger partial charge in [0.2, 0.25) is 0 Å². The van der Waals surface area contributed by atoms with Gasteiger partial charge in [0.05, 0.1) is 5.69 Å². The fraction of sp³-hybridized carbons (Fsp3) is 0.571. The summed E-state index contributed by atoms with van der Waals surface area (Å²) in [6.45, 7) is 3.81. The molecule has 1 aliphatic carbocycles. The van der Waals surface area contributed by atoms with Crippen LogP contribution in [0.3, 0.4) is 0 Å². The third kappa shape index (κ3) is 2.97. The smallest absolute Gasteiger partial charge is 0.146 e. The first-order valence-corrected chi connectivity index (χ1v) is 6.46. The fourth-order valence-corrected chi connectivity index (χ4v) is 2.22. The number of hydrogen-bond donors (Lipinski definition) is 1. The van der Waals surface area contributed by atoms with Gasteiger partial charge in [0.15, 0.2) is 0 Å². The Morgan fingerprint density at radius 1 is 1.41 bits per heavy atom. The molecule has 3 heteroatoms. The molecule has 1 aliphatic rings. The molecule has 0 aliphatic heterocycles. The lowest BCUT2D eigenvalue weighted by Crippen LogP contribution is -2.27. The molecule has 0 bridgehead atoms. The highest BCUT2D eigenvalue weighted by molar-refractivity contribution is 5.51. The Hall–Kier alpha value is -1.09. The largest absolute Gasteiger partial charge is 0.366 e. The molecule has 0 radical (unpaired) electrons. The predicted octanol–water partition coefficient (Wildman–Crippen LogP) is 2.92. The highest BCUT2D eigenvalue weighted by Crippen LogP contribution is 2.33. The molecule has 94 valence electrons. The van der Waals surface area contributed by atoms with Crippen molar-refractivity contribution >= 4 is 5.69 Å². The molecule has 1 saturated carbocycles. The second-order valence-corrected chi connectivity index (χ2v) is 4.74. The summed E-state index contributed by atoms with van der Waals surface area (Å²) >= 11 is 0. The van der Waals surface area contributed by atoms with Crippen molar-refractivity contribution in [1.29, 1.82) is 0 Å². The van der Waals surface area contributed by atoms with Gasteiger partial charge in [-0.05, 0) is 44.0 Å². The van der Waals surface area contributed by atoms with Gasteiger partial charge < -0.3 is 10.2 Å². The average molecular weight is 236 g/mol. The zero-order valence-electron chi connectivity index (χ0n) is 10.7. The molecule has 2 nitrogen and oxygen atoms in total. The molecule has 1 aromatic carbocycles. The van der Waals surface area contributed by atoms with Crippen LogP contribution in [0.2, 0.25) is 0 Å². The fourth-order valence-electron chi connectivity index (χ4n) is 2.22. The van der Waals surface area contributed by atoms with Crippen molar-refractivity contribution in [1.82, 2.24) is 5.32 Å². The van der Waals surface area contributed by atoms with Crippen LogP contribution in [0.25, 0.3) is 0 Å². The number of hydrogen-bond acceptors (Lipinski definition) is 2. The Bertz CT molecular complexity index is 374. The zero-order chi connectivity index (χ0) is 12.3.